The molecule has 3 aromatic rings. The fourth-order valence-electron chi connectivity index (χ4n) is 3.09. The number of hydrogen-bond donors (Lipinski definition) is 6. The summed E-state index contributed by atoms with van der Waals surface area (Å²) in [5, 5.41) is 59.3. The molecule has 4 rings (SSSR count). The minimum atomic E-state index is -1.53. The van der Waals surface area contributed by atoms with E-state index in [2.05, 4.69) is 0 Å². The SMILES string of the molecule is Oc1ccc(-c2[o+]c3cc(O)cc(O)c3cc2O[C@@H]2OC[C@H](O)C(O)C2O)cc1. The molecule has 0 aliphatic carbocycles. The van der Waals surface area contributed by atoms with E-state index in [4.69, 9.17) is 13.9 Å². The van der Waals surface area contributed by atoms with E-state index >= 15 is 0 Å². The molecule has 9 heteroatoms. The lowest BCUT2D eigenvalue weighted by molar-refractivity contribution is -0.242. The third kappa shape index (κ3) is 3.64. The van der Waals surface area contributed by atoms with Gasteiger partial charge in [0.25, 0.3) is 0 Å². The fraction of sp³-hybridized carbons (Fsp3) is 0.250. The molecule has 0 bridgehead atoms. The molecule has 0 spiro atoms. The highest BCUT2D eigenvalue weighted by Gasteiger charge is 2.40. The zero-order valence-electron chi connectivity index (χ0n) is 15.0. The topological polar surface area (TPSA) is 151 Å². The van der Waals surface area contributed by atoms with Gasteiger partial charge in [-0.15, -0.1) is 0 Å². The molecule has 9 nitrogen and oxygen atoms in total. The Labute approximate surface area is 164 Å². The number of benzene rings is 2. The number of aliphatic hydroxyl groups excluding tert-OH is 3. The highest BCUT2D eigenvalue weighted by atomic mass is 16.7. The molecule has 2 heterocycles. The van der Waals surface area contributed by atoms with Crippen molar-refractivity contribution >= 4 is 11.0 Å². The summed E-state index contributed by atoms with van der Waals surface area (Å²) < 4.78 is 16.8. The summed E-state index contributed by atoms with van der Waals surface area (Å²) >= 11 is 0. The van der Waals surface area contributed by atoms with Crippen LogP contribution >= 0.6 is 0 Å². The van der Waals surface area contributed by atoms with Gasteiger partial charge in [0, 0.05) is 12.1 Å². The zero-order valence-corrected chi connectivity index (χ0v) is 15.0. The summed E-state index contributed by atoms with van der Waals surface area (Å²) in [5.74, 6) is -0.190. The monoisotopic (exact) mass is 403 g/mol. The summed E-state index contributed by atoms with van der Waals surface area (Å²) in [7, 11) is 0. The van der Waals surface area contributed by atoms with Crippen LogP contribution in [-0.2, 0) is 4.74 Å². The second-order valence-electron chi connectivity index (χ2n) is 6.73. The van der Waals surface area contributed by atoms with Crippen LogP contribution in [0.2, 0.25) is 0 Å². The van der Waals surface area contributed by atoms with Crippen LogP contribution < -0.4 is 4.74 Å². The largest absolute Gasteiger partial charge is 0.508 e. The summed E-state index contributed by atoms with van der Waals surface area (Å²) in [5.41, 5.74) is 0.659. The van der Waals surface area contributed by atoms with Crippen molar-refractivity contribution in [3.05, 3.63) is 42.5 Å². The minimum absolute atomic E-state index is 0.0374. The molecule has 152 valence electrons. The molecule has 1 aliphatic heterocycles. The van der Waals surface area contributed by atoms with E-state index in [1.165, 1.54) is 24.3 Å². The fourth-order valence-corrected chi connectivity index (χ4v) is 3.09. The van der Waals surface area contributed by atoms with Crippen molar-refractivity contribution in [1.29, 1.82) is 0 Å². The van der Waals surface area contributed by atoms with Crippen LogP contribution in [0.25, 0.3) is 22.3 Å². The standard InChI is InChI=1S/C20H18O9/c21-10-3-1-9(2-4-10)19-16(29-20-18(26)17(25)14(24)8-27-20)7-12-13(23)5-11(22)6-15(12)28-19/h1-7,14,17-18,20,24-26H,8H2,(H2-,21,22,23)/p+1/t14-,17?,18?,20-/m0/s1. The number of aromatic hydroxyl groups is 3. The van der Waals surface area contributed by atoms with Gasteiger partial charge in [-0.1, -0.05) is 0 Å². The average Bonchev–Trinajstić information content (AvgIpc) is 2.69. The third-order valence-corrected chi connectivity index (χ3v) is 4.64. The molecule has 1 fully saturated rings. The number of phenols is 3. The molecular weight excluding hydrogens is 384 g/mol. The Morgan fingerprint density at radius 3 is 2.34 bits per heavy atom. The van der Waals surface area contributed by atoms with Crippen molar-refractivity contribution in [3.63, 3.8) is 0 Å². The van der Waals surface area contributed by atoms with Gasteiger partial charge in [0.05, 0.1) is 18.2 Å². The lowest BCUT2D eigenvalue weighted by Gasteiger charge is -2.34. The van der Waals surface area contributed by atoms with E-state index in [9.17, 15) is 30.6 Å². The maximum absolute atomic E-state index is 10.2. The molecule has 6 N–H and O–H groups in total. The second kappa shape index (κ2) is 7.37. The maximum Gasteiger partial charge on any atom is 0.402 e. The van der Waals surface area contributed by atoms with Crippen molar-refractivity contribution in [3.8, 4) is 34.3 Å². The van der Waals surface area contributed by atoms with E-state index < -0.39 is 24.6 Å². The molecule has 2 aromatic carbocycles. The van der Waals surface area contributed by atoms with Crippen molar-refractivity contribution < 1.29 is 44.5 Å². The lowest BCUT2D eigenvalue weighted by atomic mass is 10.1. The van der Waals surface area contributed by atoms with Gasteiger partial charge in [0.2, 0.25) is 12.0 Å². The highest BCUT2D eigenvalue weighted by Crippen LogP contribution is 2.40. The summed E-state index contributed by atoms with van der Waals surface area (Å²) in [6, 6.07) is 9.88. The van der Waals surface area contributed by atoms with Gasteiger partial charge in [-0.05, 0) is 24.3 Å². The Kier molecular flexibility index (Phi) is 4.89. The minimum Gasteiger partial charge on any atom is -0.508 e. The Morgan fingerprint density at radius 1 is 0.897 bits per heavy atom. The third-order valence-electron chi connectivity index (χ3n) is 4.64. The van der Waals surface area contributed by atoms with Crippen LogP contribution in [0.1, 0.15) is 0 Å². The number of hydrogen-bond acceptors (Lipinski definition) is 8. The highest BCUT2D eigenvalue weighted by molar-refractivity contribution is 5.88. The summed E-state index contributed by atoms with van der Waals surface area (Å²) in [6.45, 7) is -0.249. The normalized spacial score (nSPS) is 24.5. The first-order valence-corrected chi connectivity index (χ1v) is 8.78. The molecule has 2 unspecified atom stereocenters. The maximum atomic E-state index is 10.2. The molecule has 0 saturated carbocycles. The smallest absolute Gasteiger partial charge is 0.402 e. The van der Waals surface area contributed by atoms with E-state index in [0.717, 1.165) is 6.07 Å². The van der Waals surface area contributed by atoms with Gasteiger partial charge in [-0.2, -0.15) is 0 Å². The molecule has 29 heavy (non-hydrogen) atoms. The van der Waals surface area contributed by atoms with Crippen LogP contribution in [0, 0.1) is 0 Å². The van der Waals surface area contributed by atoms with E-state index in [1.54, 1.807) is 12.1 Å². The van der Waals surface area contributed by atoms with Crippen molar-refractivity contribution in [2.75, 3.05) is 6.61 Å². The van der Waals surface area contributed by atoms with Gasteiger partial charge >= 0.3 is 11.3 Å². The zero-order chi connectivity index (χ0) is 20.7. The molecule has 0 amide bonds. The van der Waals surface area contributed by atoms with Crippen LogP contribution in [0.3, 0.4) is 0 Å². The van der Waals surface area contributed by atoms with Crippen LogP contribution in [0.15, 0.2) is 46.9 Å². The number of ether oxygens (including phenoxy) is 2. The molecule has 1 saturated heterocycles. The Morgan fingerprint density at radius 2 is 1.62 bits per heavy atom. The first-order chi connectivity index (χ1) is 13.8. The molecule has 1 aliphatic rings. The Hall–Kier alpha value is -3.11. The number of phenolic OH excluding ortho intramolecular Hbond substituents is 3. The molecule has 0 radical (unpaired) electrons. The van der Waals surface area contributed by atoms with Crippen LogP contribution in [0.5, 0.6) is 23.0 Å². The predicted octanol–water partition coefficient (Wildman–Crippen LogP) is 1.32. The molecule has 4 atom stereocenters. The van der Waals surface area contributed by atoms with Gasteiger partial charge in [0.15, 0.2) is 0 Å². The van der Waals surface area contributed by atoms with E-state index in [0.29, 0.717) is 5.56 Å². The van der Waals surface area contributed by atoms with Crippen LogP contribution in [-0.4, -0.2) is 61.8 Å². The first-order valence-electron chi connectivity index (χ1n) is 8.78. The van der Waals surface area contributed by atoms with Gasteiger partial charge in [0.1, 0.15) is 40.9 Å². The van der Waals surface area contributed by atoms with Crippen LogP contribution in [0.4, 0.5) is 0 Å². The van der Waals surface area contributed by atoms with Gasteiger partial charge in [-0.25, -0.2) is 4.42 Å². The first kappa shape index (κ1) is 19.2. The lowest BCUT2D eigenvalue weighted by Crippen LogP contribution is -2.54. The van der Waals surface area contributed by atoms with Crippen molar-refractivity contribution in [2.24, 2.45) is 0 Å². The van der Waals surface area contributed by atoms with Crippen molar-refractivity contribution in [2.45, 2.75) is 24.6 Å². The van der Waals surface area contributed by atoms with Crippen molar-refractivity contribution in [1.82, 2.24) is 0 Å². The van der Waals surface area contributed by atoms with Gasteiger partial charge in [-0.3, -0.25) is 0 Å². The number of rotatable bonds is 3. The van der Waals surface area contributed by atoms with Gasteiger partial charge < -0.3 is 40.1 Å². The molecule has 1 aromatic heterocycles. The van der Waals surface area contributed by atoms with E-state index in [1.807, 2.05) is 0 Å². The Bertz CT molecular complexity index is 1030. The number of fused-ring (bicyclic) bond motifs is 1. The molecular formula is C20H19O9+. The summed E-state index contributed by atoms with van der Waals surface area (Å²) in [4.78, 5) is 0. The average molecular weight is 403 g/mol. The second-order valence-corrected chi connectivity index (χ2v) is 6.73. The van der Waals surface area contributed by atoms with E-state index in [-0.39, 0.29) is 46.3 Å². The quantitative estimate of drug-likeness (QED) is 0.356. The number of aliphatic hydroxyl groups is 3. The Balaban J connectivity index is 1.82. The predicted molar refractivity (Wildman–Crippen MR) is 99.4 cm³/mol. The summed E-state index contributed by atoms with van der Waals surface area (Å²) in [6.07, 6.45) is -5.56.